The third-order valence-corrected chi connectivity index (χ3v) is 7.10. The van der Waals surface area contributed by atoms with E-state index in [1.165, 1.54) is 6.92 Å². The van der Waals surface area contributed by atoms with Crippen LogP contribution >= 0.6 is 0 Å². The third kappa shape index (κ3) is 4.92. The van der Waals surface area contributed by atoms with Crippen molar-refractivity contribution in [2.75, 3.05) is 13.2 Å². The van der Waals surface area contributed by atoms with E-state index in [2.05, 4.69) is 28.3 Å². The first-order chi connectivity index (χ1) is 18.9. The minimum Gasteiger partial charge on any atom is -0.493 e. The van der Waals surface area contributed by atoms with E-state index in [0.717, 1.165) is 49.8 Å². The van der Waals surface area contributed by atoms with E-state index < -0.39 is 5.97 Å². The van der Waals surface area contributed by atoms with Gasteiger partial charge in [0.05, 0.1) is 18.7 Å². The molecule has 0 saturated carbocycles. The van der Waals surface area contributed by atoms with Crippen LogP contribution in [-0.4, -0.2) is 39.7 Å². The van der Waals surface area contributed by atoms with Crippen molar-refractivity contribution in [3.63, 3.8) is 0 Å². The van der Waals surface area contributed by atoms with Crippen molar-refractivity contribution in [3.05, 3.63) is 83.3 Å². The molecule has 0 spiro atoms. The van der Waals surface area contributed by atoms with E-state index in [1.807, 2.05) is 56.4 Å². The molecule has 0 radical (unpaired) electrons. The molecule has 200 valence electrons. The highest BCUT2D eigenvalue weighted by molar-refractivity contribution is 6.07. The Morgan fingerprint density at radius 2 is 1.72 bits per heavy atom. The summed E-state index contributed by atoms with van der Waals surface area (Å²) in [4.78, 5) is 28.9. The van der Waals surface area contributed by atoms with Gasteiger partial charge < -0.3 is 14.5 Å². The van der Waals surface area contributed by atoms with Crippen molar-refractivity contribution in [2.24, 2.45) is 7.05 Å². The van der Waals surface area contributed by atoms with Crippen molar-refractivity contribution in [2.45, 2.75) is 40.0 Å². The van der Waals surface area contributed by atoms with Crippen LogP contribution in [0.4, 0.5) is 0 Å². The molecular formula is C32H33N3O4. The molecule has 0 fully saturated rings. The first-order valence-corrected chi connectivity index (χ1v) is 13.4. The molecule has 0 saturated heterocycles. The fourth-order valence-electron chi connectivity index (χ4n) is 5.37. The highest BCUT2D eigenvalue weighted by atomic mass is 16.5. The molecule has 3 aromatic carbocycles. The molecule has 7 nitrogen and oxygen atoms in total. The van der Waals surface area contributed by atoms with Gasteiger partial charge in [0.25, 0.3) is 0 Å². The van der Waals surface area contributed by atoms with Gasteiger partial charge in [-0.2, -0.15) is 5.10 Å². The molecule has 0 aliphatic rings. The summed E-state index contributed by atoms with van der Waals surface area (Å²) >= 11 is 0. The van der Waals surface area contributed by atoms with Gasteiger partial charge in [0.2, 0.25) is 0 Å². The number of para-hydroxylation sites is 1. The summed E-state index contributed by atoms with van der Waals surface area (Å²) in [6.07, 6.45) is 2.04. The lowest BCUT2D eigenvalue weighted by Crippen LogP contribution is -2.09. The average molecular weight is 524 g/mol. The second-order valence-corrected chi connectivity index (χ2v) is 9.56. The van der Waals surface area contributed by atoms with Crippen molar-refractivity contribution >= 4 is 33.4 Å². The summed E-state index contributed by atoms with van der Waals surface area (Å²) in [5, 5.41) is 7.66. The molecule has 5 rings (SSSR count). The number of nitrogens with one attached hydrogen (secondary N) is 1. The van der Waals surface area contributed by atoms with Crippen molar-refractivity contribution in [3.8, 4) is 16.9 Å². The first-order valence-electron chi connectivity index (χ1n) is 13.4. The Kier molecular flexibility index (Phi) is 7.50. The Hall–Kier alpha value is -4.39. The van der Waals surface area contributed by atoms with Crippen LogP contribution in [0, 0.1) is 0 Å². The van der Waals surface area contributed by atoms with Crippen molar-refractivity contribution in [1.82, 2.24) is 14.8 Å². The minimum atomic E-state index is -0.390. The number of aryl methyl sites for hydroxylation is 2. The van der Waals surface area contributed by atoms with Gasteiger partial charge in [-0.3, -0.25) is 9.48 Å². The number of hydrogen-bond acceptors (Lipinski definition) is 5. The van der Waals surface area contributed by atoms with Gasteiger partial charge in [-0.15, -0.1) is 0 Å². The van der Waals surface area contributed by atoms with Gasteiger partial charge in [0, 0.05) is 41.6 Å². The number of rotatable bonds is 10. The van der Waals surface area contributed by atoms with E-state index in [0.29, 0.717) is 37.3 Å². The van der Waals surface area contributed by atoms with E-state index in [4.69, 9.17) is 9.47 Å². The summed E-state index contributed by atoms with van der Waals surface area (Å²) in [5.41, 5.74) is 5.18. The highest BCUT2D eigenvalue weighted by Crippen LogP contribution is 2.36. The quantitative estimate of drug-likeness (QED) is 0.125. The molecule has 5 aromatic rings. The number of esters is 1. The zero-order chi connectivity index (χ0) is 27.5. The van der Waals surface area contributed by atoms with Gasteiger partial charge in [-0.05, 0) is 43.2 Å². The predicted molar refractivity (Wildman–Crippen MR) is 154 cm³/mol. The normalized spacial score (nSPS) is 11.3. The largest absolute Gasteiger partial charge is 0.493 e. The molecule has 0 amide bonds. The van der Waals surface area contributed by atoms with Crippen LogP contribution in [0.2, 0.25) is 0 Å². The van der Waals surface area contributed by atoms with E-state index >= 15 is 0 Å². The highest BCUT2D eigenvalue weighted by Gasteiger charge is 2.25. The second kappa shape index (κ2) is 11.2. The number of carbonyl (C=O) groups is 2. The van der Waals surface area contributed by atoms with Gasteiger partial charge >= 0.3 is 5.97 Å². The van der Waals surface area contributed by atoms with Crippen LogP contribution in [0.15, 0.2) is 60.7 Å². The first kappa shape index (κ1) is 26.2. The summed E-state index contributed by atoms with van der Waals surface area (Å²) < 4.78 is 13.3. The zero-order valence-electron chi connectivity index (χ0n) is 22.8. The minimum absolute atomic E-state index is 0.0970. The predicted octanol–water partition coefficient (Wildman–Crippen LogP) is 6.67. The SMILES string of the molecule is CCOC(=O)c1[nH]c2c(-c3c(C(C)=O)nn(C)c3CC)cccc2c1CCCOc1cccc2ccccc12. The maximum absolute atomic E-state index is 13.0. The van der Waals surface area contributed by atoms with Crippen LogP contribution < -0.4 is 4.74 Å². The zero-order valence-corrected chi connectivity index (χ0v) is 22.8. The van der Waals surface area contributed by atoms with E-state index in [1.54, 1.807) is 11.6 Å². The smallest absolute Gasteiger partial charge is 0.355 e. The number of nitrogens with zero attached hydrogens (tertiary/aromatic N) is 2. The third-order valence-electron chi connectivity index (χ3n) is 7.10. The number of aromatic nitrogens is 3. The monoisotopic (exact) mass is 523 g/mol. The standard InChI is InChI=1S/C32H33N3O4/c1-5-26-28(29(20(3)36)34-35(26)4)25-16-10-15-23-24(31(33-30(23)25)32(37)38-6-2)17-11-19-39-27-18-9-13-21-12-7-8-14-22(21)27/h7-10,12-16,18,33H,5-6,11,17,19H2,1-4H3. The molecule has 0 aliphatic carbocycles. The summed E-state index contributed by atoms with van der Waals surface area (Å²) in [7, 11) is 1.86. The second-order valence-electron chi connectivity index (χ2n) is 9.56. The number of carbonyl (C=O) groups excluding carboxylic acids is 2. The van der Waals surface area contributed by atoms with Crippen LogP contribution in [0.3, 0.4) is 0 Å². The number of benzene rings is 3. The maximum Gasteiger partial charge on any atom is 0.355 e. The van der Waals surface area contributed by atoms with Gasteiger partial charge in [0.15, 0.2) is 5.78 Å². The number of aromatic amines is 1. The summed E-state index contributed by atoms with van der Waals surface area (Å²) in [5.74, 6) is 0.360. The molecular weight excluding hydrogens is 490 g/mol. The Morgan fingerprint density at radius 1 is 0.974 bits per heavy atom. The average Bonchev–Trinajstić information content (AvgIpc) is 3.48. The number of fused-ring (bicyclic) bond motifs is 2. The lowest BCUT2D eigenvalue weighted by atomic mass is 9.96. The molecule has 2 heterocycles. The molecule has 0 aliphatic heterocycles. The molecule has 2 aromatic heterocycles. The van der Waals surface area contributed by atoms with Gasteiger partial charge in [0.1, 0.15) is 17.1 Å². The lowest BCUT2D eigenvalue weighted by molar-refractivity contribution is 0.0519. The lowest BCUT2D eigenvalue weighted by Gasteiger charge is -2.10. The molecule has 0 unspecified atom stereocenters. The number of ketones is 1. The fourth-order valence-corrected chi connectivity index (χ4v) is 5.37. The molecule has 0 atom stereocenters. The van der Waals surface area contributed by atoms with E-state index in [-0.39, 0.29) is 12.4 Å². The topological polar surface area (TPSA) is 86.2 Å². The van der Waals surface area contributed by atoms with Gasteiger partial charge in [-0.1, -0.05) is 61.5 Å². The number of Topliss-reactive ketones (excluding diaryl/α,β-unsaturated/α-hetero) is 1. The van der Waals surface area contributed by atoms with Crippen LogP contribution in [0.25, 0.3) is 32.8 Å². The Bertz CT molecular complexity index is 1670. The molecule has 7 heteroatoms. The Morgan fingerprint density at radius 3 is 2.49 bits per heavy atom. The Labute approximate surface area is 227 Å². The molecule has 39 heavy (non-hydrogen) atoms. The fraction of sp³-hybridized carbons (Fsp3) is 0.281. The summed E-state index contributed by atoms with van der Waals surface area (Å²) in [6.45, 7) is 6.16. The molecule has 1 N–H and O–H groups in total. The van der Waals surface area contributed by atoms with Crippen LogP contribution in [0.1, 0.15) is 59.4 Å². The maximum atomic E-state index is 13.0. The van der Waals surface area contributed by atoms with Crippen molar-refractivity contribution in [1.29, 1.82) is 0 Å². The van der Waals surface area contributed by atoms with E-state index in [9.17, 15) is 9.59 Å². The molecule has 0 bridgehead atoms. The van der Waals surface area contributed by atoms with Crippen LogP contribution in [-0.2, 0) is 24.6 Å². The van der Waals surface area contributed by atoms with Crippen LogP contribution in [0.5, 0.6) is 5.75 Å². The number of ether oxygens (including phenoxy) is 2. The number of H-pyrrole nitrogens is 1. The number of hydrogen-bond donors (Lipinski definition) is 1. The van der Waals surface area contributed by atoms with Gasteiger partial charge in [-0.25, -0.2) is 4.79 Å². The summed E-state index contributed by atoms with van der Waals surface area (Å²) in [6, 6.07) is 20.2. The Balaban J connectivity index is 1.51. The van der Waals surface area contributed by atoms with Crippen molar-refractivity contribution < 1.29 is 19.1 Å².